The van der Waals surface area contributed by atoms with Gasteiger partial charge < -0.3 is 28.5 Å². The molecule has 27 heavy (non-hydrogen) atoms. The molecule has 0 fully saturated rings. The smallest absolute Gasteiger partial charge is 0.235 e. The fourth-order valence-corrected chi connectivity index (χ4v) is 3.23. The normalized spacial score (nSPS) is 10.6. The molecule has 3 rings (SSSR count). The minimum Gasteiger partial charge on any atom is -0.546 e. The van der Waals surface area contributed by atoms with Gasteiger partial charge in [0.1, 0.15) is 12.2 Å². The van der Waals surface area contributed by atoms with Crippen molar-refractivity contribution in [1.82, 2.24) is 0 Å². The Morgan fingerprint density at radius 1 is 1.15 bits per heavy atom. The molecule has 0 spiro atoms. The van der Waals surface area contributed by atoms with Crippen molar-refractivity contribution in [2.24, 2.45) is 0 Å². The Hall–Kier alpha value is -3.00. The molecule has 0 amide bonds. The summed E-state index contributed by atoms with van der Waals surface area (Å²) in [5, 5.41) is 11.1. The third-order valence-corrected chi connectivity index (χ3v) is 4.38. The number of benzene rings is 2. The van der Waals surface area contributed by atoms with Gasteiger partial charge in [-0.2, -0.15) is 0 Å². The van der Waals surface area contributed by atoms with E-state index in [1.165, 1.54) is 14.2 Å². The Morgan fingerprint density at radius 2 is 1.89 bits per heavy atom. The number of hydrogen-bond acceptors (Lipinski definition) is 7. The summed E-state index contributed by atoms with van der Waals surface area (Å²) >= 11 is 3.38. The van der Waals surface area contributed by atoms with Crippen LogP contribution in [0.2, 0.25) is 0 Å². The maximum Gasteiger partial charge on any atom is 0.235 e. The van der Waals surface area contributed by atoms with Crippen molar-refractivity contribution in [2.75, 3.05) is 20.8 Å². The summed E-state index contributed by atoms with van der Waals surface area (Å²) in [6, 6.07) is 9.86. The second-order valence-electron chi connectivity index (χ2n) is 5.44. The molecule has 0 saturated heterocycles. The van der Waals surface area contributed by atoms with Crippen LogP contribution in [-0.2, 0) is 4.79 Å². The molecule has 0 N–H and O–H groups in total. The molecule has 0 bridgehead atoms. The van der Waals surface area contributed by atoms with E-state index in [0.717, 1.165) is 0 Å². The average molecular weight is 434 g/mol. The molecule has 0 radical (unpaired) electrons. The SMILES string of the molecule is COc1cc(-c2oc3ccccc3c(=O)c2OCC(=O)[O-])cc(Br)c1OC. The molecule has 0 aliphatic rings. The van der Waals surface area contributed by atoms with E-state index in [0.29, 0.717) is 27.1 Å². The van der Waals surface area contributed by atoms with Gasteiger partial charge in [0.2, 0.25) is 11.2 Å². The van der Waals surface area contributed by atoms with Crippen LogP contribution in [0.15, 0.2) is 50.1 Å². The van der Waals surface area contributed by atoms with E-state index in [1.807, 2.05) is 0 Å². The Bertz CT molecular complexity index is 1070. The molecular weight excluding hydrogens is 420 g/mol. The molecule has 1 aromatic heterocycles. The zero-order valence-electron chi connectivity index (χ0n) is 14.4. The van der Waals surface area contributed by atoms with Gasteiger partial charge in [0.25, 0.3) is 0 Å². The van der Waals surface area contributed by atoms with Crippen LogP contribution >= 0.6 is 15.9 Å². The molecular formula is C19H14BrO7-. The number of rotatable bonds is 6. The highest BCUT2D eigenvalue weighted by atomic mass is 79.9. The fourth-order valence-electron chi connectivity index (χ4n) is 2.63. The Kier molecular flexibility index (Phi) is 5.36. The van der Waals surface area contributed by atoms with Crippen molar-refractivity contribution in [3.05, 3.63) is 51.1 Å². The Morgan fingerprint density at radius 3 is 2.56 bits per heavy atom. The maximum atomic E-state index is 12.8. The molecule has 140 valence electrons. The lowest BCUT2D eigenvalue weighted by molar-refractivity contribution is -0.307. The van der Waals surface area contributed by atoms with Gasteiger partial charge in [-0.25, -0.2) is 0 Å². The molecule has 0 atom stereocenters. The number of hydrogen-bond donors (Lipinski definition) is 0. The molecule has 0 saturated carbocycles. The summed E-state index contributed by atoms with van der Waals surface area (Å²) < 4.78 is 22.2. The topological polar surface area (TPSA) is 98.0 Å². The van der Waals surface area contributed by atoms with Crippen LogP contribution in [-0.4, -0.2) is 26.8 Å². The molecule has 0 aliphatic heterocycles. The van der Waals surface area contributed by atoms with Crippen molar-refractivity contribution in [1.29, 1.82) is 0 Å². The van der Waals surface area contributed by atoms with Crippen molar-refractivity contribution in [3.8, 4) is 28.6 Å². The molecule has 2 aromatic carbocycles. The number of carbonyl (C=O) groups is 1. The second kappa shape index (κ2) is 7.71. The number of carbonyl (C=O) groups excluding carboxylic acids is 1. The van der Waals surface area contributed by atoms with Crippen LogP contribution in [0.1, 0.15) is 0 Å². The summed E-state index contributed by atoms with van der Waals surface area (Å²) in [6.45, 7) is -0.787. The predicted molar refractivity (Wildman–Crippen MR) is 99.2 cm³/mol. The predicted octanol–water partition coefficient (Wildman–Crippen LogP) is 2.37. The lowest BCUT2D eigenvalue weighted by Crippen LogP contribution is -2.30. The lowest BCUT2D eigenvalue weighted by Gasteiger charge is -2.15. The highest BCUT2D eigenvalue weighted by Crippen LogP contribution is 2.41. The summed E-state index contributed by atoms with van der Waals surface area (Å²) in [7, 11) is 2.96. The van der Waals surface area contributed by atoms with E-state index in [9.17, 15) is 14.7 Å². The monoisotopic (exact) mass is 433 g/mol. The molecule has 7 nitrogen and oxygen atoms in total. The van der Waals surface area contributed by atoms with E-state index in [-0.39, 0.29) is 16.9 Å². The summed E-state index contributed by atoms with van der Waals surface area (Å²) in [6.07, 6.45) is 0. The molecule has 3 aromatic rings. The van der Waals surface area contributed by atoms with Gasteiger partial charge in [0.15, 0.2) is 17.3 Å². The highest BCUT2D eigenvalue weighted by molar-refractivity contribution is 9.10. The zero-order valence-corrected chi connectivity index (χ0v) is 16.0. The minimum atomic E-state index is -1.46. The lowest BCUT2D eigenvalue weighted by atomic mass is 10.1. The van der Waals surface area contributed by atoms with Crippen molar-refractivity contribution in [3.63, 3.8) is 0 Å². The van der Waals surface area contributed by atoms with Crippen molar-refractivity contribution >= 4 is 32.9 Å². The van der Waals surface area contributed by atoms with Crippen LogP contribution in [0, 0.1) is 0 Å². The van der Waals surface area contributed by atoms with Gasteiger partial charge in [-0.05, 0) is 40.2 Å². The largest absolute Gasteiger partial charge is 0.546 e. The van der Waals surface area contributed by atoms with Crippen LogP contribution in [0.4, 0.5) is 0 Å². The van der Waals surface area contributed by atoms with Crippen LogP contribution in [0.3, 0.4) is 0 Å². The first-order valence-corrected chi connectivity index (χ1v) is 8.56. The number of fused-ring (bicyclic) bond motifs is 1. The molecule has 1 heterocycles. The van der Waals surface area contributed by atoms with E-state index in [1.54, 1.807) is 36.4 Å². The van der Waals surface area contributed by atoms with Crippen LogP contribution in [0.5, 0.6) is 17.2 Å². The first-order valence-electron chi connectivity index (χ1n) is 7.76. The fraction of sp³-hybridized carbons (Fsp3) is 0.158. The third kappa shape index (κ3) is 3.61. The maximum absolute atomic E-state index is 12.8. The number of carboxylic acids is 1. The number of para-hydroxylation sites is 1. The first-order chi connectivity index (χ1) is 13.0. The van der Waals surface area contributed by atoms with E-state index in [4.69, 9.17) is 18.6 Å². The van der Waals surface area contributed by atoms with Gasteiger partial charge in [-0.1, -0.05) is 12.1 Å². The van der Waals surface area contributed by atoms with E-state index in [2.05, 4.69) is 15.9 Å². The molecule has 8 heteroatoms. The van der Waals surface area contributed by atoms with Gasteiger partial charge in [0, 0.05) is 5.56 Å². The van der Waals surface area contributed by atoms with Gasteiger partial charge in [-0.3, -0.25) is 4.79 Å². The van der Waals surface area contributed by atoms with Crippen molar-refractivity contribution < 1.29 is 28.5 Å². The van der Waals surface area contributed by atoms with Crippen LogP contribution in [0.25, 0.3) is 22.3 Å². The van der Waals surface area contributed by atoms with E-state index < -0.39 is 18.0 Å². The number of carboxylic acid groups (broad SMARTS) is 1. The summed E-state index contributed by atoms with van der Waals surface area (Å²) in [5.74, 6) is -0.759. The molecule has 0 aliphatic carbocycles. The number of aliphatic carboxylic acids is 1. The van der Waals surface area contributed by atoms with Gasteiger partial charge in [-0.15, -0.1) is 0 Å². The Labute approximate surface area is 162 Å². The summed E-state index contributed by atoms with van der Waals surface area (Å²) in [4.78, 5) is 23.7. The van der Waals surface area contributed by atoms with Gasteiger partial charge in [0.05, 0.1) is 30.0 Å². The Balaban J connectivity index is 2.29. The quantitative estimate of drug-likeness (QED) is 0.588. The molecule has 0 unspecified atom stereocenters. The zero-order chi connectivity index (χ0) is 19.6. The van der Waals surface area contributed by atoms with Crippen LogP contribution < -0.4 is 24.7 Å². The van der Waals surface area contributed by atoms with Crippen molar-refractivity contribution in [2.45, 2.75) is 0 Å². The average Bonchev–Trinajstić information content (AvgIpc) is 2.66. The third-order valence-electron chi connectivity index (χ3n) is 3.79. The van der Waals surface area contributed by atoms with E-state index >= 15 is 0 Å². The summed E-state index contributed by atoms with van der Waals surface area (Å²) in [5.41, 5.74) is 0.291. The second-order valence-corrected chi connectivity index (χ2v) is 6.29. The number of methoxy groups -OCH3 is 2. The first kappa shape index (κ1) is 18.8. The number of ether oxygens (including phenoxy) is 3. The standard InChI is InChI=1S/C19H15BrO7/c1-24-14-8-10(7-12(20)18(14)25-2)17-19(26-9-15(21)22)16(23)11-5-3-4-6-13(11)27-17/h3-8H,9H2,1-2H3,(H,21,22)/p-1. The number of halogens is 1. The van der Waals surface area contributed by atoms with Gasteiger partial charge >= 0.3 is 0 Å². The minimum absolute atomic E-state index is 0.0709. The highest BCUT2D eigenvalue weighted by Gasteiger charge is 2.21.